The predicted molar refractivity (Wildman–Crippen MR) is 86.6 cm³/mol. The molecular weight excluding hydrogens is 278 g/mol. The Labute approximate surface area is 127 Å². The molecule has 3 aromatic rings. The van der Waals surface area contributed by atoms with Crippen molar-refractivity contribution >= 4 is 22.5 Å². The predicted octanol–water partition coefficient (Wildman–Crippen LogP) is 1.01. The maximum atomic E-state index is 5.79. The standard InChI is InChI=1S/C15H17N7/c16-13-8-10-12(9-18-13)20-21-15(10)11-2-1-3-14(19-11)22-6-4-17-5-7-22/h1-3,8-9,17H,4-7H2,(H2,16,18)(H,20,21). The molecule has 3 aromatic heterocycles. The minimum Gasteiger partial charge on any atom is -0.384 e. The molecule has 0 spiro atoms. The highest BCUT2D eigenvalue weighted by Gasteiger charge is 2.15. The van der Waals surface area contributed by atoms with E-state index in [-0.39, 0.29) is 0 Å². The molecule has 4 rings (SSSR count). The van der Waals surface area contributed by atoms with Crippen molar-refractivity contribution in [1.29, 1.82) is 0 Å². The molecule has 1 fully saturated rings. The van der Waals surface area contributed by atoms with Gasteiger partial charge in [-0.15, -0.1) is 0 Å². The quantitative estimate of drug-likeness (QED) is 0.653. The van der Waals surface area contributed by atoms with Gasteiger partial charge >= 0.3 is 0 Å². The molecule has 22 heavy (non-hydrogen) atoms. The van der Waals surface area contributed by atoms with E-state index in [0.717, 1.165) is 54.3 Å². The molecule has 0 radical (unpaired) electrons. The van der Waals surface area contributed by atoms with Gasteiger partial charge in [0.1, 0.15) is 17.3 Å². The van der Waals surface area contributed by atoms with Crippen molar-refractivity contribution in [3.63, 3.8) is 0 Å². The molecule has 7 heteroatoms. The smallest absolute Gasteiger partial charge is 0.129 e. The van der Waals surface area contributed by atoms with Crippen molar-refractivity contribution in [3.05, 3.63) is 30.5 Å². The molecule has 0 amide bonds. The summed E-state index contributed by atoms with van der Waals surface area (Å²) in [5.74, 6) is 1.46. The molecule has 1 aliphatic rings. The van der Waals surface area contributed by atoms with Gasteiger partial charge in [0.25, 0.3) is 0 Å². The van der Waals surface area contributed by atoms with Crippen LogP contribution in [0.15, 0.2) is 30.5 Å². The Bertz CT molecular complexity index is 805. The molecule has 1 aliphatic heterocycles. The number of piperazine rings is 1. The topological polar surface area (TPSA) is 95.7 Å². The third-order valence-corrected chi connectivity index (χ3v) is 3.89. The van der Waals surface area contributed by atoms with Crippen LogP contribution in [0.5, 0.6) is 0 Å². The first-order valence-corrected chi connectivity index (χ1v) is 7.34. The van der Waals surface area contributed by atoms with Gasteiger partial charge in [-0.25, -0.2) is 9.97 Å². The minimum absolute atomic E-state index is 0.480. The van der Waals surface area contributed by atoms with Crippen molar-refractivity contribution in [2.75, 3.05) is 36.8 Å². The molecule has 4 heterocycles. The molecule has 0 atom stereocenters. The van der Waals surface area contributed by atoms with Crippen molar-refractivity contribution in [3.8, 4) is 11.4 Å². The normalized spacial score (nSPS) is 15.4. The number of nitrogens with two attached hydrogens (primary N) is 1. The maximum Gasteiger partial charge on any atom is 0.129 e. The number of anilines is 2. The van der Waals surface area contributed by atoms with E-state index in [1.165, 1.54) is 0 Å². The van der Waals surface area contributed by atoms with Crippen LogP contribution in [0.1, 0.15) is 0 Å². The fraction of sp³-hybridized carbons (Fsp3) is 0.267. The minimum atomic E-state index is 0.480. The second kappa shape index (κ2) is 5.27. The van der Waals surface area contributed by atoms with Crippen LogP contribution < -0.4 is 16.0 Å². The largest absolute Gasteiger partial charge is 0.384 e. The number of rotatable bonds is 2. The Balaban J connectivity index is 1.76. The zero-order valence-corrected chi connectivity index (χ0v) is 12.1. The third-order valence-electron chi connectivity index (χ3n) is 3.89. The first-order chi connectivity index (χ1) is 10.8. The molecule has 1 saturated heterocycles. The number of nitrogen functional groups attached to an aromatic ring is 1. The second-order valence-electron chi connectivity index (χ2n) is 5.35. The first-order valence-electron chi connectivity index (χ1n) is 7.34. The lowest BCUT2D eigenvalue weighted by Crippen LogP contribution is -2.43. The van der Waals surface area contributed by atoms with Crippen molar-refractivity contribution in [2.45, 2.75) is 0 Å². The first kappa shape index (κ1) is 13.0. The van der Waals surface area contributed by atoms with Gasteiger partial charge in [-0.2, -0.15) is 5.10 Å². The lowest BCUT2D eigenvalue weighted by Gasteiger charge is -2.28. The highest BCUT2D eigenvalue weighted by atomic mass is 15.2. The fourth-order valence-electron chi connectivity index (χ4n) is 2.75. The number of H-pyrrole nitrogens is 1. The van der Waals surface area contributed by atoms with E-state index in [1.54, 1.807) is 6.20 Å². The molecule has 0 saturated carbocycles. The average molecular weight is 295 g/mol. The molecule has 4 N–H and O–H groups in total. The zero-order chi connectivity index (χ0) is 14.9. The summed E-state index contributed by atoms with van der Waals surface area (Å²) >= 11 is 0. The molecule has 0 unspecified atom stereocenters. The van der Waals surface area contributed by atoms with Crippen LogP contribution in [-0.2, 0) is 0 Å². The van der Waals surface area contributed by atoms with Gasteiger partial charge in [0.05, 0.1) is 17.4 Å². The molecular formula is C15H17N7. The van der Waals surface area contributed by atoms with Crippen LogP contribution in [0, 0.1) is 0 Å². The Hall–Kier alpha value is -2.67. The van der Waals surface area contributed by atoms with Gasteiger partial charge in [-0.3, -0.25) is 5.10 Å². The van der Waals surface area contributed by atoms with Gasteiger partial charge in [-0.05, 0) is 18.2 Å². The Kier molecular flexibility index (Phi) is 3.12. The lowest BCUT2D eigenvalue weighted by atomic mass is 10.2. The Morgan fingerprint density at radius 3 is 2.91 bits per heavy atom. The average Bonchev–Trinajstić information content (AvgIpc) is 2.99. The summed E-state index contributed by atoms with van der Waals surface area (Å²) < 4.78 is 0. The highest BCUT2D eigenvalue weighted by Crippen LogP contribution is 2.27. The van der Waals surface area contributed by atoms with Crippen LogP contribution in [-0.4, -0.2) is 46.3 Å². The second-order valence-corrected chi connectivity index (χ2v) is 5.35. The Morgan fingerprint density at radius 2 is 2.05 bits per heavy atom. The molecule has 0 aromatic carbocycles. The number of aromatic amines is 1. The van der Waals surface area contributed by atoms with Gasteiger partial charge < -0.3 is 16.0 Å². The summed E-state index contributed by atoms with van der Waals surface area (Å²) in [6.07, 6.45) is 1.70. The SMILES string of the molecule is Nc1cc2c(-c3cccc(N4CCNCC4)n3)n[nH]c2cn1. The fourth-order valence-corrected chi connectivity index (χ4v) is 2.75. The number of hydrogen-bond donors (Lipinski definition) is 3. The van der Waals surface area contributed by atoms with E-state index in [4.69, 9.17) is 10.7 Å². The van der Waals surface area contributed by atoms with Crippen molar-refractivity contribution in [2.24, 2.45) is 0 Å². The summed E-state index contributed by atoms with van der Waals surface area (Å²) in [4.78, 5) is 11.1. The van der Waals surface area contributed by atoms with Crippen molar-refractivity contribution in [1.82, 2.24) is 25.5 Å². The van der Waals surface area contributed by atoms with Crippen molar-refractivity contribution < 1.29 is 0 Å². The number of fused-ring (bicyclic) bond motifs is 1. The summed E-state index contributed by atoms with van der Waals surface area (Å²) in [5.41, 5.74) is 8.30. The molecule has 7 nitrogen and oxygen atoms in total. The Morgan fingerprint density at radius 1 is 1.18 bits per heavy atom. The highest BCUT2D eigenvalue weighted by molar-refractivity contribution is 5.92. The van der Waals surface area contributed by atoms with Crippen LogP contribution in [0.4, 0.5) is 11.6 Å². The van der Waals surface area contributed by atoms with Crippen LogP contribution >= 0.6 is 0 Å². The molecule has 0 aliphatic carbocycles. The number of pyridine rings is 2. The number of nitrogens with one attached hydrogen (secondary N) is 2. The summed E-state index contributed by atoms with van der Waals surface area (Å²) in [6, 6.07) is 7.86. The number of nitrogens with zero attached hydrogens (tertiary/aromatic N) is 4. The summed E-state index contributed by atoms with van der Waals surface area (Å²) in [5, 5.41) is 11.7. The van der Waals surface area contributed by atoms with E-state index in [1.807, 2.05) is 24.3 Å². The van der Waals surface area contributed by atoms with E-state index in [0.29, 0.717) is 5.82 Å². The van der Waals surface area contributed by atoms with E-state index in [2.05, 4.69) is 25.4 Å². The van der Waals surface area contributed by atoms with Gasteiger partial charge in [-0.1, -0.05) is 6.07 Å². The van der Waals surface area contributed by atoms with E-state index < -0.39 is 0 Å². The van der Waals surface area contributed by atoms with Crippen LogP contribution in [0.2, 0.25) is 0 Å². The molecule has 112 valence electrons. The number of hydrogen-bond acceptors (Lipinski definition) is 6. The van der Waals surface area contributed by atoms with Crippen LogP contribution in [0.3, 0.4) is 0 Å². The summed E-state index contributed by atoms with van der Waals surface area (Å²) in [7, 11) is 0. The number of aromatic nitrogens is 4. The van der Waals surface area contributed by atoms with Gasteiger partial charge in [0.2, 0.25) is 0 Å². The van der Waals surface area contributed by atoms with Crippen LogP contribution in [0.25, 0.3) is 22.3 Å². The molecule has 0 bridgehead atoms. The third kappa shape index (κ3) is 2.25. The van der Waals surface area contributed by atoms with E-state index >= 15 is 0 Å². The zero-order valence-electron chi connectivity index (χ0n) is 12.1. The van der Waals surface area contributed by atoms with E-state index in [9.17, 15) is 0 Å². The lowest BCUT2D eigenvalue weighted by molar-refractivity contribution is 0.585. The monoisotopic (exact) mass is 295 g/mol. The van der Waals surface area contributed by atoms with Gasteiger partial charge in [0, 0.05) is 31.6 Å². The maximum absolute atomic E-state index is 5.79. The summed E-state index contributed by atoms with van der Waals surface area (Å²) in [6.45, 7) is 3.90. The van der Waals surface area contributed by atoms with Gasteiger partial charge in [0.15, 0.2) is 0 Å².